The minimum atomic E-state index is 0.238. The summed E-state index contributed by atoms with van der Waals surface area (Å²) in [7, 11) is 0. The normalized spacial score (nSPS) is 14.1. The maximum atomic E-state index is 8.86. The van der Waals surface area contributed by atoms with Crippen LogP contribution in [0.1, 0.15) is 65.0 Å². The third-order valence-corrected chi connectivity index (χ3v) is 3.30. The summed E-state index contributed by atoms with van der Waals surface area (Å²) in [6.07, 6.45) is 1.16. The zero-order valence-electron chi connectivity index (χ0n) is 12.5. The van der Waals surface area contributed by atoms with Crippen molar-refractivity contribution >= 4 is 0 Å². The minimum Gasteiger partial charge on any atom is -0.192 e. The van der Waals surface area contributed by atoms with Crippen LogP contribution in [0.4, 0.5) is 0 Å². The van der Waals surface area contributed by atoms with E-state index in [0.29, 0.717) is 11.3 Å². The summed E-state index contributed by atoms with van der Waals surface area (Å²) in [5, 5.41) is 8.86. The Morgan fingerprint density at radius 1 is 1.00 bits per heavy atom. The average molecular weight is 243 g/mol. The van der Waals surface area contributed by atoms with Crippen LogP contribution in [0.3, 0.4) is 0 Å². The Hall–Kier alpha value is -1.29. The summed E-state index contributed by atoms with van der Waals surface area (Å²) in [6, 6.07) is 10.3. The van der Waals surface area contributed by atoms with E-state index in [4.69, 9.17) is 5.26 Å². The van der Waals surface area contributed by atoms with Gasteiger partial charge in [0.1, 0.15) is 0 Å². The van der Waals surface area contributed by atoms with E-state index in [2.05, 4.69) is 59.7 Å². The van der Waals surface area contributed by atoms with E-state index >= 15 is 0 Å². The van der Waals surface area contributed by atoms with Gasteiger partial charge in [-0.2, -0.15) is 5.26 Å². The molecular weight excluding hydrogens is 218 g/mol. The van der Waals surface area contributed by atoms with Crippen molar-refractivity contribution in [3.63, 3.8) is 0 Å². The molecule has 0 aromatic heterocycles. The Balaban J connectivity index is 3.07. The molecule has 98 valence electrons. The van der Waals surface area contributed by atoms with Gasteiger partial charge >= 0.3 is 0 Å². The number of nitriles is 1. The maximum Gasteiger partial charge on any atom is 0.0991 e. The predicted molar refractivity (Wildman–Crippen MR) is 77.4 cm³/mol. The van der Waals surface area contributed by atoms with E-state index in [1.54, 1.807) is 0 Å². The first-order valence-corrected chi connectivity index (χ1v) is 6.63. The van der Waals surface area contributed by atoms with Crippen LogP contribution in [-0.4, -0.2) is 0 Å². The molecule has 18 heavy (non-hydrogen) atoms. The molecule has 0 saturated heterocycles. The van der Waals surface area contributed by atoms with Crippen LogP contribution in [0.2, 0.25) is 0 Å². The van der Waals surface area contributed by atoms with Gasteiger partial charge in [0.2, 0.25) is 0 Å². The molecule has 1 rings (SSSR count). The van der Waals surface area contributed by atoms with Crippen molar-refractivity contribution in [2.24, 2.45) is 10.8 Å². The van der Waals surface area contributed by atoms with Gasteiger partial charge in [-0.25, -0.2) is 0 Å². The molecular formula is C17H25N. The van der Waals surface area contributed by atoms with Crippen molar-refractivity contribution in [2.75, 3.05) is 0 Å². The lowest BCUT2D eigenvalue weighted by Crippen LogP contribution is -2.23. The van der Waals surface area contributed by atoms with Crippen LogP contribution in [0, 0.1) is 22.2 Å². The molecule has 1 aromatic carbocycles. The van der Waals surface area contributed by atoms with E-state index in [1.165, 1.54) is 5.56 Å². The Morgan fingerprint density at radius 2 is 1.50 bits per heavy atom. The summed E-state index contributed by atoms with van der Waals surface area (Å²) >= 11 is 0. The first-order valence-electron chi connectivity index (χ1n) is 6.63. The Morgan fingerprint density at radius 3 is 1.83 bits per heavy atom. The second-order valence-corrected chi connectivity index (χ2v) is 7.42. The van der Waals surface area contributed by atoms with Gasteiger partial charge in [0, 0.05) is 0 Å². The molecule has 0 saturated carbocycles. The van der Waals surface area contributed by atoms with Crippen molar-refractivity contribution in [1.82, 2.24) is 0 Å². The van der Waals surface area contributed by atoms with Gasteiger partial charge < -0.3 is 0 Å². The highest BCUT2D eigenvalue weighted by Gasteiger charge is 2.30. The SMILES string of the molecule is CC(C)(C)C[C@H](c1ccc(C#N)cc1)C(C)(C)C. The standard InChI is InChI=1S/C17H25N/c1-16(2,3)11-15(17(4,5)6)14-9-7-13(12-18)8-10-14/h7-10,15H,11H2,1-6H3/t15-/m1/s1. The van der Waals surface area contributed by atoms with Crippen LogP contribution < -0.4 is 0 Å². The van der Waals surface area contributed by atoms with E-state index in [0.717, 1.165) is 12.0 Å². The fourth-order valence-corrected chi connectivity index (χ4v) is 2.33. The molecule has 0 unspecified atom stereocenters. The molecule has 0 amide bonds. The molecule has 0 bridgehead atoms. The highest BCUT2D eigenvalue weighted by Crippen LogP contribution is 2.42. The van der Waals surface area contributed by atoms with Gasteiger partial charge in [0.25, 0.3) is 0 Å². The van der Waals surface area contributed by atoms with Crippen LogP contribution >= 0.6 is 0 Å². The summed E-state index contributed by atoms with van der Waals surface area (Å²) in [5.41, 5.74) is 2.63. The molecule has 1 atom stereocenters. The Bertz CT molecular complexity index is 421. The summed E-state index contributed by atoms with van der Waals surface area (Å²) in [6.45, 7) is 13.7. The second kappa shape index (κ2) is 5.14. The van der Waals surface area contributed by atoms with Crippen molar-refractivity contribution in [3.05, 3.63) is 35.4 Å². The largest absolute Gasteiger partial charge is 0.192 e. The molecule has 1 aromatic rings. The highest BCUT2D eigenvalue weighted by atomic mass is 14.3. The van der Waals surface area contributed by atoms with Gasteiger partial charge in [-0.1, -0.05) is 53.7 Å². The monoisotopic (exact) mass is 243 g/mol. The Kier molecular flexibility index (Phi) is 4.22. The third-order valence-electron chi connectivity index (χ3n) is 3.30. The van der Waals surface area contributed by atoms with Gasteiger partial charge in [-0.05, 0) is 40.9 Å². The van der Waals surface area contributed by atoms with Crippen LogP contribution in [0.25, 0.3) is 0 Å². The lowest BCUT2D eigenvalue weighted by atomic mass is 9.69. The summed E-state index contributed by atoms with van der Waals surface area (Å²) in [5.74, 6) is 0.519. The highest BCUT2D eigenvalue weighted by molar-refractivity contribution is 5.33. The van der Waals surface area contributed by atoms with Crippen LogP contribution in [0.5, 0.6) is 0 Å². The molecule has 0 radical (unpaired) electrons. The molecule has 0 heterocycles. The topological polar surface area (TPSA) is 23.8 Å². The van der Waals surface area contributed by atoms with E-state index in [1.807, 2.05) is 12.1 Å². The van der Waals surface area contributed by atoms with Gasteiger partial charge in [0.05, 0.1) is 11.6 Å². The molecule has 0 aliphatic heterocycles. The molecule has 0 spiro atoms. The zero-order chi connectivity index (χ0) is 14.0. The molecule has 0 fully saturated rings. The number of hydrogen-bond acceptors (Lipinski definition) is 1. The van der Waals surface area contributed by atoms with E-state index < -0.39 is 0 Å². The number of nitrogens with zero attached hydrogens (tertiary/aromatic N) is 1. The second-order valence-electron chi connectivity index (χ2n) is 7.42. The summed E-state index contributed by atoms with van der Waals surface area (Å²) < 4.78 is 0. The fourth-order valence-electron chi connectivity index (χ4n) is 2.33. The van der Waals surface area contributed by atoms with Crippen molar-refractivity contribution in [2.45, 2.75) is 53.9 Å². The van der Waals surface area contributed by atoms with Crippen LogP contribution in [0.15, 0.2) is 24.3 Å². The molecule has 0 N–H and O–H groups in total. The number of rotatable bonds is 2. The first-order chi connectivity index (χ1) is 8.13. The van der Waals surface area contributed by atoms with Crippen LogP contribution in [-0.2, 0) is 0 Å². The lowest BCUT2D eigenvalue weighted by Gasteiger charge is -2.36. The fraction of sp³-hybridized carbons (Fsp3) is 0.588. The zero-order valence-corrected chi connectivity index (χ0v) is 12.5. The smallest absolute Gasteiger partial charge is 0.0991 e. The van der Waals surface area contributed by atoms with Gasteiger partial charge in [-0.15, -0.1) is 0 Å². The predicted octanol–water partition coefficient (Wildman–Crippen LogP) is 5.12. The molecule has 1 nitrogen and oxygen atoms in total. The van der Waals surface area contributed by atoms with Crippen molar-refractivity contribution in [1.29, 1.82) is 5.26 Å². The van der Waals surface area contributed by atoms with Crippen molar-refractivity contribution in [3.8, 4) is 6.07 Å². The first kappa shape index (κ1) is 14.8. The van der Waals surface area contributed by atoms with Crippen molar-refractivity contribution < 1.29 is 0 Å². The van der Waals surface area contributed by atoms with Gasteiger partial charge in [0.15, 0.2) is 0 Å². The minimum absolute atomic E-state index is 0.238. The summed E-state index contributed by atoms with van der Waals surface area (Å²) in [4.78, 5) is 0. The third kappa shape index (κ3) is 4.18. The molecule has 0 aliphatic rings. The Labute approximate surface area is 112 Å². The van der Waals surface area contributed by atoms with E-state index in [9.17, 15) is 0 Å². The molecule has 1 heteroatoms. The average Bonchev–Trinajstić information content (AvgIpc) is 2.24. The maximum absolute atomic E-state index is 8.86. The quantitative estimate of drug-likeness (QED) is 0.707. The number of benzene rings is 1. The van der Waals surface area contributed by atoms with E-state index in [-0.39, 0.29) is 5.41 Å². The lowest BCUT2D eigenvalue weighted by molar-refractivity contribution is 0.229. The number of hydrogen-bond donors (Lipinski definition) is 0. The molecule has 0 aliphatic carbocycles. The van der Waals surface area contributed by atoms with Gasteiger partial charge in [-0.3, -0.25) is 0 Å².